The lowest BCUT2D eigenvalue weighted by Crippen LogP contribution is -2.37. The summed E-state index contributed by atoms with van der Waals surface area (Å²) >= 11 is 6.07. The van der Waals surface area contributed by atoms with Crippen LogP contribution in [0.15, 0.2) is 48.7 Å². The molecule has 29 heavy (non-hydrogen) atoms. The summed E-state index contributed by atoms with van der Waals surface area (Å²) in [5.74, 6) is -0.131. The molecule has 0 atom stereocenters. The van der Waals surface area contributed by atoms with Gasteiger partial charge in [0.1, 0.15) is 0 Å². The fraction of sp³-hybridized carbons (Fsp3) is 0.318. The Morgan fingerprint density at radius 2 is 1.86 bits per heavy atom. The van der Waals surface area contributed by atoms with Crippen molar-refractivity contribution in [3.63, 3.8) is 0 Å². The van der Waals surface area contributed by atoms with E-state index in [2.05, 4.69) is 20.9 Å². The fourth-order valence-corrected chi connectivity index (χ4v) is 3.68. The van der Waals surface area contributed by atoms with Gasteiger partial charge in [-0.15, -0.1) is 0 Å². The Morgan fingerprint density at radius 3 is 2.66 bits per heavy atom. The molecule has 2 aromatic rings. The number of nitrogens with zero attached hydrogens (tertiary/aromatic N) is 1. The van der Waals surface area contributed by atoms with E-state index in [4.69, 9.17) is 16.3 Å². The first kappa shape index (κ1) is 19.8. The van der Waals surface area contributed by atoms with Crippen molar-refractivity contribution in [1.29, 1.82) is 0 Å². The molecule has 1 fully saturated rings. The molecular formula is C22H25ClN4O2. The molecule has 0 saturated carbocycles. The summed E-state index contributed by atoms with van der Waals surface area (Å²) in [5, 5.41) is 10.1. The van der Waals surface area contributed by atoms with E-state index in [-0.39, 0.29) is 5.91 Å². The molecule has 6 nitrogen and oxygen atoms in total. The van der Waals surface area contributed by atoms with Crippen molar-refractivity contribution in [3.8, 4) is 0 Å². The molecule has 2 aliphatic rings. The second-order valence-electron chi connectivity index (χ2n) is 7.16. The van der Waals surface area contributed by atoms with Crippen molar-refractivity contribution in [2.75, 3.05) is 55.3 Å². The number of halogens is 1. The predicted octanol–water partition coefficient (Wildman–Crippen LogP) is 3.88. The van der Waals surface area contributed by atoms with Gasteiger partial charge in [0, 0.05) is 53.5 Å². The number of morpholine rings is 1. The van der Waals surface area contributed by atoms with Gasteiger partial charge >= 0.3 is 0 Å². The lowest BCUT2D eigenvalue weighted by molar-refractivity contribution is -0.110. The van der Waals surface area contributed by atoms with Crippen LogP contribution in [0.3, 0.4) is 0 Å². The quantitative estimate of drug-likeness (QED) is 0.475. The number of rotatable bonds is 7. The largest absolute Gasteiger partial charge is 0.385 e. The third-order valence-electron chi connectivity index (χ3n) is 5.12. The molecule has 2 heterocycles. The minimum atomic E-state index is -0.131. The van der Waals surface area contributed by atoms with Crippen molar-refractivity contribution in [3.05, 3.63) is 59.3 Å². The number of nitrogens with one attached hydrogen (secondary N) is 3. The van der Waals surface area contributed by atoms with Gasteiger partial charge < -0.3 is 20.7 Å². The van der Waals surface area contributed by atoms with Crippen LogP contribution in [-0.4, -0.2) is 50.2 Å². The zero-order valence-electron chi connectivity index (χ0n) is 16.2. The summed E-state index contributed by atoms with van der Waals surface area (Å²) < 4.78 is 5.37. The lowest BCUT2D eigenvalue weighted by Gasteiger charge is -2.26. The number of hydrogen-bond donors (Lipinski definition) is 3. The first-order chi connectivity index (χ1) is 14.2. The first-order valence-electron chi connectivity index (χ1n) is 9.91. The molecule has 2 aromatic carbocycles. The number of hydrogen-bond acceptors (Lipinski definition) is 5. The van der Waals surface area contributed by atoms with Crippen LogP contribution in [0.25, 0.3) is 5.57 Å². The molecule has 7 heteroatoms. The van der Waals surface area contributed by atoms with Gasteiger partial charge in [0.15, 0.2) is 0 Å². The molecule has 2 aliphatic heterocycles. The standard InChI is InChI=1S/C22H25ClN4O2/c23-16-2-7-21-19(14-16)20(22(28)26-21)15-25-18-5-3-17(4-6-18)24-8-1-9-27-10-12-29-13-11-27/h2-7,14-15,24-25H,1,8-13H2,(H,26,28). The van der Waals surface area contributed by atoms with Gasteiger partial charge in [-0.3, -0.25) is 9.69 Å². The highest BCUT2D eigenvalue weighted by Gasteiger charge is 2.24. The highest BCUT2D eigenvalue weighted by Crippen LogP contribution is 2.33. The van der Waals surface area contributed by atoms with Crippen LogP contribution in [0.5, 0.6) is 0 Å². The Balaban J connectivity index is 1.28. The fourth-order valence-electron chi connectivity index (χ4n) is 3.50. The molecule has 0 bridgehead atoms. The van der Waals surface area contributed by atoms with Gasteiger partial charge in [-0.1, -0.05) is 11.6 Å². The number of ether oxygens (including phenoxy) is 1. The Bertz CT molecular complexity index is 892. The molecule has 0 radical (unpaired) electrons. The average molecular weight is 413 g/mol. The van der Waals surface area contributed by atoms with E-state index in [0.717, 1.165) is 68.4 Å². The molecule has 0 spiro atoms. The lowest BCUT2D eigenvalue weighted by atomic mass is 10.1. The second kappa shape index (κ2) is 9.31. The smallest absolute Gasteiger partial charge is 0.257 e. The van der Waals surface area contributed by atoms with Crippen molar-refractivity contribution in [2.24, 2.45) is 0 Å². The Labute approximate surface area is 175 Å². The van der Waals surface area contributed by atoms with E-state index >= 15 is 0 Å². The van der Waals surface area contributed by atoms with Crippen LogP contribution in [0.1, 0.15) is 12.0 Å². The van der Waals surface area contributed by atoms with Crippen LogP contribution in [-0.2, 0) is 9.53 Å². The summed E-state index contributed by atoms with van der Waals surface area (Å²) in [5.41, 5.74) is 4.17. The normalized spacial score (nSPS) is 17.8. The number of anilines is 3. The van der Waals surface area contributed by atoms with Crippen LogP contribution in [0.2, 0.25) is 5.02 Å². The SMILES string of the molecule is O=C1Nc2ccc(Cl)cc2C1=CNc1ccc(NCCCN2CCOCC2)cc1. The Hall–Kier alpha value is -2.54. The average Bonchev–Trinajstić information content (AvgIpc) is 3.05. The number of amides is 1. The first-order valence-corrected chi connectivity index (χ1v) is 10.3. The highest BCUT2D eigenvalue weighted by molar-refractivity contribution is 6.34. The zero-order chi connectivity index (χ0) is 20.1. The molecule has 0 unspecified atom stereocenters. The summed E-state index contributed by atoms with van der Waals surface area (Å²) in [4.78, 5) is 14.6. The van der Waals surface area contributed by atoms with E-state index in [0.29, 0.717) is 10.6 Å². The van der Waals surface area contributed by atoms with E-state index in [1.54, 1.807) is 18.3 Å². The van der Waals surface area contributed by atoms with E-state index in [1.807, 2.05) is 30.3 Å². The van der Waals surface area contributed by atoms with Crippen LogP contribution >= 0.6 is 11.6 Å². The summed E-state index contributed by atoms with van der Waals surface area (Å²) in [7, 11) is 0. The Kier molecular flexibility index (Phi) is 6.34. The van der Waals surface area contributed by atoms with E-state index < -0.39 is 0 Å². The van der Waals surface area contributed by atoms with Crippen molar-refractivity contribution < 1.29 is 9.53 Å². The number of carbonyl (C=O) groups is 1. The monoisotopic (exact) mass is 412 g/mol. The summed E-state index contributed by atoms with van der Waals surface area (Å²) in [6, 6.07) is 13.4. The van der Waals surface area contributed by atoms with Crippen LogP contribution < -0.4 is 16.0 Å². The van der Waals surface area contributed by atoms with Gasteiger partial charge in [0.25, 0.3) is 5.91 Å². The third kappa shape index (κ3) is 5.09. The van der Waals surface area contributed by atoms with Crippen LogP contribution in [0, 0.1) is 0 Å². The maximum absolute atomic E-state index is 12.2. The maximum atomic E-state index is 12.2. The van der Waals surface area contributed by atoms with Crippen molar-refractivity contribution >= 4 is 40.1 Å². The molecule has 152 valence electrons. The maximum Gasteiger partial charge on any atom is 0.257 e. The van der Waals surface area contributed by atoms with E-state index in [1.165, 1.54) is 0 Å². The molecule has 0 aliphatic carbocycles. The van der Waals surface area contributed by atoms with Gasteiger partial charge in [-0.2, -0.15) is 0 Å². The minimum Gasteiger partial charge on any atom is -0.385 e. The summed E-state index contributed by atoms with van der Waals surface area (Å²) in [6.07, 6.45) is 2.82. The molecule has 0 aromatic heterocycles. The second-order valence-corrected chi connectivity index (χ2v) is 7.59. The zero-order valence-corrected chi connectivity index (χ0v) is 17.0. The van der Waals surface area contributed by atoms with Crippen molar-refractivity contribution in [1.82, 2.24) is 4.90 Å². The minimum absolute atomic E-state index is 0.131. The van der Waals surface area contributed by atoms with Gasteiger partial charge in [0.05, 0.1) is 18.8 Å². The molecule has 1 saturated heterocycles. The topological polar surface area (TPSA) is 65.6 Å². The molecule has 1 amide bonds. The Morgan fingerprint density at radius 1 is 1.10 bits per heavy atom. The molecule has 3 N–H and O–H groups in total. The summed E-state index contributed by atoms with van der Waals surface area (Å²) in [6.45, 7) is 5.79. The van der Waals surface area contributed by atoms with Crippen LogP contribution in [0.4, 0.5) is 17.1 Å². The van der Waals surface area contributed by atoms with Gasteiger partial charge in [-0.05, 0) is 55.4 Å². The predicted molar refractivity (Wildman–Crippen MR) is 118 cm³/mol. The number of carbonyl (C=O) groups excluding carboxylic acids is 1. The number of benzene rings is 2. The van der Waals surface area contributed by atoms with Gasteiger partial charge in [-0.25, -0.2) is 0 Å². The highest BCUT2D eigenvalue weighted by atomic mass is 35.5. The van der Waals surface area contributed by atoms with E-state index in [9.17, 15) is 4.79 Å². The molecule has 4 rings (SSSR count). The van der Waals surface area contributed by atoms with Crippen molar-refractivity contribution in [2.45, 2.75) is 6.42 Å². The molecular weight excluding hydrogens is 388 g/mol. The third-order valence-corrected chi connectivity index (χ3v) is 5.35. The van der Waals surface area contributed by atoms with Gasteiger partial charge in [0.2, 0.25) is 0 Å². The number of fused-ring (bicyclic) bond motifs is 1.